The zero-order valence-electron chi connectivity index (χ0n) is 11.1. The minimum atomic E-state index is -0.00917. The molecule has 2 rings (SSSR count). The van der Waals surface area contributed by atoms with Crippen molar-refractivity contribution in [1.29, 1.82) is 0 Å². The van der Waals surface area contributed by atoms with E-state index in [-0.39, 0.29) is 5.91 Å². The molecule has 0 radical (unpaired) electrons. The van der Waals surface area contributed by atoms with Gasteiger partial charge in [-0.05, 0) is 18.8 Å². The number of nitrogens with two attached hydrogens (primary N) is 1. The van der Waals surface area contributed by atoms with Crippen LogP contribution in [0.4, 0.5) is 10.9 Å². The monoisotopic (exact) mass is 268 g/mol. The Morgan fingerprint density at radius 1 is 1.61 bits per heavy atom. The summed E-state index contributed by atoms with van der Waals surface area (Å²) < 4.78 is 0. The van der Waals surface area contributed by atoms with Crippen LogP contribution in [0.5, 0.6) is 0 Å². The molecule has 0 saturated heterocycles. The van der Waals surface area contributed by atoms with Crippen molar-refractivity contribution in [3.63, 3.8) is 0 Å². The van der Waals surface area contributed by atoms with Crippen molar-refractivity contribution in [3.8, 4) is 0 Å². The van der Waals surface area contributed by atoms with E-state index in [1.165, 1.54) is 11.3 Å². The number of carbonyl (C=O) groups excluding carboxylic acids is 1. The lowest BCUT2D eigenvalue weighted by Crippen LogP contribution is -2.28. The van der Waals surface area contributed by atoms with Gasteiger partial charge in [0.15, 0.2) is 5.13 Å². The van der Waals surface area contributed by atoms with E-state index in [2.05, 4.69) is 24.1 Å². The molecule has 0 aliphatic heterocycles. The smallest absolute Gasteiger partial charge is 0.267 e. The standard InChI is InChI=1S/C12H20N4OS/c1-7(2)6-14-12-15-10(13)9(18-12)11(17)16(3)8-4-5-8/h7-8H,4-6,13H2,1-3H3,(H,14,15). The molecule has 1 aromatic rings. The molecule has 1 saturated carbocycles. The number of hydrogen-bond donors (Lipinski definition) is 2. The highest BCUT2D eigenvalue weighted by Gasteiger charge is 2.32. The summed E-state index contributed by atoms with van der Waals surface area (Å²) in [5, 5.41) is 3.93. The van der Waals surface area contributed by atoms with E-state index >= 15 is 0 Å². The third-order valence-electron chi connectivity index (χ3n) is 2.92. The van der Waals surface area contributed by atoms with Gasteiger partial charge < -0.3 is 16.0 Å². The first kappa shape index (κ1) is 13.1. The average Bonchev–Trinajstić information content (AvgIpc) is 3.09. The first-order valence-corrected chi connectivity index (χ1v) is 7.08. The van der Waals surface area contributed by atoms with Crippen LogP contribution in [0.2, 0.25) is 0 Å². The van der Waals surface area contributed by atoms with E-state index < -0.39 is 0 Å². The molecule has 1 amide bonds. The topological polar surface area (TPSA) is 71.2 Å². The first-order chi connectivity index (χ1) is 8.49. The van der Waals surface area contributed by atoms with Gasteiger partial charge in [-0.25, -0.2) is 4.98 Å². The number of nitrogen functional groups attached to an aromatic ring is 1. The molecule has 0 aromatic carbocycles. The molecule has 6 heteroatoms. The molecule has 1 heterocycles. The van der Waals surface area contributed by atoms with Crippen molar-refractivity contribution in [2.45, 2.75) is 32.7 Å². The van der Waals surface area contributed by atoms with E-state index in [0.717, 1.165) is 24.5 Å². The molecule has 3 N–H and O–H groups in total. The fourth-order valence-corrected chi connectivity index (χ4v) is 2.51. The number of anilines is 2. The van der Waals surface area contributed by atoms with E-state index in [0.29, 0.717) is 22.7 Å². The Labute approximate surface area is 111 Å². The molecular weight excluding hydrogens is 248 g/mol. The van der Waals surface area contributed by atoms with Crippen LogP contribution >= 0.6 is 11.3 Å². The zero-order chi connectivity index (χ0) is 13.3. The minimum Gasteiger partial charge on any atom is -0.382 e. The molecule has 0 spiro atoms. The van der Waals surface area contributed by atoms with Crippen LogP contribution in [0.3, 0.4) is 0 Å². The van der Waals surface area contributed by atoms with Gasteiger partial charge in [-0.2, -0.15) is 0 Å². The second-order valence-electron chi connectivity index (χ2n) is 5.16. The second-order valence-corrected chi connectivity index (χ2v) is 6.15. The van der Waals surface area contributed by atoms with E-state index in [1.54, 1.807) is 4.90 Å². The molecule has 1 aliphatic rings. The van der Waals surface area contributed by atoms with Crippen molar-refractivity contribution < 1.29 is 4.79 Å². The Morgan fingerprint density at radius 2 is 2.28 bits per heavy atom. The van der Waals surface area contributed by atoms with Gasteiger partial charge in [0.1, 0.15) is 10.7 Å². The highest BCUT2D eigenvalue weighted by molar-refractivity contribution is 7.18. The molecule has 1 aromatic heterocycles. The molecule has 0 bridgehead atoms. The Kier molecular flexibility index (Phi) is 3.75. The predicted molar refractivity (Wildman–Crippen MR) is 75.0 cm³/mol. The molecule has 5 nitrogen and oxygen atoms in total. The number of thiazole rings is 1. The maximum absolute atomic E-state index is 12.2. The fourth-order valence-electron chi connectivity index (χ4n) is 1.64. The summed E-state index contributed by atoms with van der Waals surface area (Å²) in [5.74, 6) is 0.859. The summed E-state index contributed by atoms with van der Waals surface area (Å²) in [4.78, 5) is 18.7. The lowest BCUT2D eigenvalue weighted by atomic mass is 10.2. The Morgan fingerprint density at radius 3 is 2.83 bits per heavy atom. The van der Waals surface area contributed by atoms with Gasteiger partial charge in [0.2, 0.25) is 0 Å². The highest BCUT2D eigenvalue weighted by Crippen LogP contribution is 2.31. The zero-order valence-corrected chi connectivity index (χ0v) is 11.9. The summed E-state index contributed by atoms with van der Waals surface area (Å²) in [5.41, 5.74) is 5.82. The van der Waals surface area contributed by atoms with E-state index in [9.17, 15) is 4.79 Å². The van der Waals surface area contributed by atoms with Crippen molar-refractivity contribution in [1.82, 2.24) is 9.88 Å². The SMILES string of the molecule is CC(C)CNc1nc(N)c(C(=O)N(C)C2CC2)s1. The fraction of sp³-hybridized carbons (Fsp3) is 0.667. The summed E-state index contributed by atoms with van der Waals surface area (Å²) in [7, 11) is 1.83. The molecular formula is C12H20N4OS. The Balaban J connectivity index is 2.05. The van der Waals surface area contributed by atoms with Gasteiger partial charge in [0, 0.05) is 19.6 Å². The van der Waals surface area contributed by atoms with Crippen molar-refractivity contribution in [2.75, 3.05) is 24.6 Å². The average molecular weight is 268 g/mol. The normalized spacial score (nSPS) is 14.9. The lowest BCUT2D eigenvalue weighted by molar-refractivity contribution is 0.0790. The number of rotatable bonds is 5. The maximum atomic E-state index is 12.2. The number of nitrogens with one attached hydrogen (secondary N) is 1. The maximum Gasteiger partial charge on any atom is 0.267 e. The minimum absolute atomic E-state index is 0.00917. The van der Waals surface area contributed by atoms with Gasteiger partial charge in [-0.1, -0.05) is 25.2 Å². The van der Waals surface area contributed by atoms with Crippen molar-refractivity contribution in [3.05, 3.63) is 4.88 Å². The van der Waals surface area contributed by atoms with Crippen molar-refractivity contribution in [2.24, 2.45) is 5.92 Å². The Bertz CT molecular complexity index is 439. The van der Waals surface area contributed by atoms with Crippen LogP contribution in [-0.4, -0.2) is 35.4 Å². The molecule has 18 heavy (non-hydrogen) atoms. The van der Waals surface area contributed by atoms with Crippen molar-refractivity contribution >= 4 is 28.2 Å². The number of aromatic nitrogens is 1. The molecule has 1 aliphatic carbocycles. The van der Waals surface area contributed by atoms with Crippen LogP contribution in [0, 0.1) is 5.92 Å². The van der Waals surface area contributed by atoms with E-state index in [1.807, 2.05) is 7.05 Å². The molecule has 0 atom stereocenters. The van der Waals surface area contributed by atoms with Crippen LogP contribution in [0.1, 0.15) is 36.4 Å². The third-order valence-corrected chi connectivity index (χ3v) is 3.94. The first-order valence-electron chi connectivity index (χ1n) is 6.26. The number of nitrogens with zero attached hydrogens (tertiary/aromatic N) is 2. The van der Waals surface area contributed by atoms with Crippen LogP contribution in [-0.2, 0) is 0 Å². The largest absolute Gasteiger partial charge is 0.382 e. The third kappa shape index (κ3) is 2.93. The van der Waals surface area contributed by atoms with E-state index in [4.69, 9.17) is 5.73 Å². The molecule has 1 fully saturated rings. The van der Waals surface area contributed by atoms with Crippen LogP contribution < -0.4 is 11.1 Å². The lowest BCUT2D eigenvalue weighted by Gasteiger charge is -2.14. The number of amides is 1. The quantitative estimate of drug-likeness (QED) is 0.857. The van der Waals surface area contributed by atoms with Crippen LogP contribution in [0.15, 0.2) is 0 Å². The summed E-state index contributed by atoms with van der Waals surface area (Å²) in [6.45, 7) is 5.08. The van der Waals surface area contributed by atoms with Gasteiger partial charge in [0.25, 0.3) is 5.91 Å². The summed E-state index contributed by atoms with van der Waals surface area (Å²) in [6.07, 6.45) is 2.19. The highest BCUT2D eigenvalue weighted by atomic mass is 32.1. The van der Waals surface area contributed by atoms with Gasteiger partial charge in [-0.15, -0.1) is 0 Å². The van der Waals surface area contributed by atoms with Gasteiger partial charge >= 0.3 is 0 Å². The number of carbonyl (C=O) groups is 1. The molecule has 100 valence electrons. The second kappa shape index (κ2) is 5.14. The predicted octanol–water partition coefficient (Wildman–Crippen LogP) is 2.03. The van der Waals surface area contributed by atoms with Gasteiger partial charge in [0.05, 0.1) is 0 Å². The number of hydrogen-bond acceptors (Lipinski definition) is 5. The van der Waals surface area contributed by atoms with Crippen LogP contribution in [0.25, 0.3) is 0 Å². The summed E-state index contributed by atoms with van der Waals surface area (Å²) >= 11 is 1.34. The van der Waals surface area contributed by atoms with Gasteiger partial charge in [-0.3, -0.25) is 4.79 Å². The summed E-state index contributed by atoms with van der Waals surface area (Å²) in [6, 6.07) is 0.395. The molecule has 0 unspecified atom stereocenters. The Hall–Kier alpha value is -1.30.